The van der Waals surface area contributed by atoms with Gasteiger partial charge in [-0.05, 0) is 41.8 Å². The molecule has 144 valence electrons. The molecule has 0 saturated carbocycles. The van der Waals surface area contributed by atoms with Gasteiger partial charge in [0, 0.05) is 29.9 Å². The number of nitrogens with one attached hydrogen (secondary N) is 2. The highest BCUT2D eigenvalue weighted by atomic mass is 35.5. The molecule has 6 heteroatoms. The van der Waals surface area contributed by atoms with Gasteiger partial charge in [-0.25, -0.2) is 4.98 Å². The van der Waals surface area contributed by atoms with Crippen molar-refractivity contribution in [1.29, 1.82) is 0 Å². The van der Waals surface area contributed by atoms with E-state index in [9.17, 15) is 4.79 Å². The van der Waals surface area contributed by atoms with E-state index in [1.807, 2.05) is 42.5 Å². The molecular weight excluding hydrogens is 374 g/mol. The van der Waals surface area contributed by atoms with Gasteiger partial charge in [0.05, 0.1) is 7.11 Å². The van der Waals surface area contributed by atoms with Crippen molar-refractivity contribution in [3.63, 3.8) is 0 Å². The van der Waals surface area contributed by atoms with Crippen molar-refractivity contribution in [2.45, 2.75) is 13.0 Å². The van der Waals surface area contributed by atoms with E-state index in [2.05, 4.69) is 15.6 Å². The van der Waals surface area contributed by atoms with Gasteiger partial charge in [0.15, 0.2) is 0 Å². The van der Waals surface area contributed by atoms with Gasteiger partial charge in [-0.2, -0.15) is 0 Å². The first-order valence-corrected chi connectivity index (χ1v) is 9.38. The molecule has 0 unspecified atom stereocenters. The molecule has 0 saturated heterocycles. The molecule has 3 rings (SSSR count). The molecule has 0 fully saturated rings. The minimum atomic E-state index is -0.171. The Morgan fingerprint density at radius 2 is 1.82 bits per heavy atom. The van der Waals surface area contributed by atoms with E-state index in [1.165, 1.54) is 0 Å². The summed E-state index contributed by atoms with van der Waals surface area (Å²) in [6.45, 7) is 1.05. The summed E-state index contributed by atoms with van der Waals surface area (Å²) >= 11 is 6.13. The fraction of sp³-hybridized carbons (Fsp3) is 0.182. The van der Waals surface area contributed by atoms with Crippen LogP contribution in [0.4, 0.5) is 5.82 Å². The van der Waals surface area contributed by atoms with E-state index in [-0.39, 0.29) is 5.91 Å². The van der Waals surface area contributed by atoms with Gasteiger partial charge >= 0.3 is 0 Å². The second-order valence-electron chi connectivity index (χ2n) is 6.19. The first kappa shape index (κ1) is 19.7. The quantitative estimate of drug-likeness (QED) is 0.596. The fourth-order valence-corrected chi connectivity index (χ4v) is 3.03. The highest BCUT2D eigenvalue weighted by molar-refractivity contribution is 6.31. The average molecular weight is 396 g/mol. The molecule has 5 nitrogen and oxygen atoms in total. The number of amides is 1. The zero-order valence-corrected chi connectivity index (χ0v) is 16.4. The Bertz CT molecular complexity index is 946. The summed E-state index contributed by atoms with van der Waals surface area (Å²) in [5.74, 6) is 1.35. The summed E-state index contributed by atoms with van der Waals surface area (Å²) in [7, 11) is 1.67. The fourth-order valence-electron chi connectivity index (χ4n) is 2.82. The number of benzene rings is 2. The van der Waals surface area contributed by atoms with Crippen molar-refractivity contribution in [2.24, 2.45) is 0 Å². The summed E-state index contributed by atoms with van der Waals surface area (Å²) in [5.41, 5.74) is 2.54. The molecule has 0 aliphatic heterocycles. The number of hydrogen-bond donors (Lipinski definition) is 2. The number of aromatic nitrogens is 1. The molecule has 3 aromatic rings. The van der Waals surface area contributed by atoms with Gasteiger partial charge in [0.1, 0.15) is 11.6 Å². The molecule has 1 aromatic heterocycles. The Labute approximate surface area is 169 Å². The van der Waals surface area contributed by atoms with E-state index < -0.39 is 0 Å². The molecule has 2 aromatic carbocycles. The van der Waals surface area contributed by atoms with Crippen molar-refractivity contribution in [1.82, 2.24) is 10.3 Å². The third-order valence-corrected chi connectivity index (χ3v) is 4.68. The number of carbonyl (C=O) groups is 1. The predicted octanol–water partition coefficient (Wildman–Crippen LogP) is 4.33. The number of rotatable bonds is 8. The van der Waals surface area contributed by atoms with Crippen LogP contribution in [-0.2, 0) is 13.0 Å². The smallest absolute Gasteiger partial charge is 0.251 e. The van der Waals surface area contributed by atoms with Crippen molar-refractivity contribution >= 4 is 23.3 Å². The second kappa shape index (κ2) is 9.76. The van der Waals surface area contributed by atoms with Gasteiger partial charge in [-0.1, -0.05) is 48.0 Å². The number of anilines is 1. The first-order valence-electron chi connectivity index (χ1n) is 9.01. The normalized spacial score (nSPS) is 10.4. The van der Waals surface area contributed by atoms with Crippen LogP contribution < -0.4 is 15.4 Å². The van der Waals surface area contributed by atoms with Gasteiger partial charge in [-0.15, -0.1) is 0 Å². The van der Waals surface area contributed by atoms with Crippen molar-refractivity contribution in [3.8, 4) is 5.75 Å². The number of nitrogens with zero attached hydrogens (tertiary/aromatic N) is 1. The second-order valence-corrected chi connectivity index (χ2v) is 6.60. The molecule has 1 amide bonds. The lowest BCUT2D eigenvalue weighted by molar-refractivity contribution is 0.0951. The average Bonchev–Trinajstić information content (AvgIpc) is 2.73. The number of ether oxygens (including phenoxy) is 1. The molecule has 1 heterocycles. The number of pyridine rings is 1. The van der Waals surface area contributed by atoms with E-state index in [4.69, 9.17) is 16.3 Å². The summed E-state index contributed by atoms with van der Waals surface area (Å²) < 4.78 is 5.36. The monoisotopic (exact) mass is 395 g/mol. The maximum atomic E-state index is 12.4. The van der Waals surface area contributed by atoms with E-state index in [0.717, 1.165) is 23.3 Å². The van der Waals surface area contributed by atoms with E-state index in [0.29, 0.717) is 29.5 Å². The number of hydrogen-bond acceptors (Lipinski definition) is 4. The van der Waals surface area contributed by atoms with Crippen LogP contribution in [0.2, 0.25) is 5.02 Å². The van der Waals surface area contributed by atoms with Crippen LogP contribution in [0.3, 0.4) is 0 Å². The lowest BCUT2D eigenvalue weighted by Crippen LogP contribution is -2.23. The summed E-state index contributed by atoms with van der Waals surface area (Å²) in [5, 5.41) is 6.78. The molecule has 0 spiro atoms. The number of methoxy groups -OCH3 is 1. The van der Waals surface area contributed by atoms with Crippen LogP contribution in [0.25, 0.3) is 0 Å². The van der Waals surface area contributed by atoms with Crippen LogP contribution in [0.5, 0.6) is 5.75 Å². The zero-order valence-electron chi connectivity index (χ0n) is 15.6. The number of carbonyl (C=O) groups excluding carboxylic acids is 1. The summed E-state index contributed by atoms with van der Waals surface area (Å²) in [6.07, 6.45) is 2.41. The third kappa shape index (κ3) is 5.24. The molecule has 2 N–H and O–H groups in total. The maximum Gasteiger partial charge on any atom is 0.251 e. The Morgan fingerprint density at radius 3 is 2.61 bits per heavy atom. The molecule has 0 aliphatic carbocycles. The predicted molar refractivity (Wildman–Crippen MR) is 112 cm³/mol. The zero-order chi connectivity index (χ0) is 19.8. The Hall–Kier alpha value is -3.05. The van der Waals surface area contributed by atoms with Gasteiger partial charge in [0.2, 0.25) is 0 Å². The lowest BCUT2D eigenvalue weighted by Gasteiger charge is -2.10. The molecule has 0 aliphatic rings. The standard InChI is InChI=1S/C22H22ClN3O2/c1-28-20-9-5-3-6-16(20)10-12-24-21-14-17(11-13-25-21)22(27)26-15-18-7-2-4-8-19(18)23/h2-9,11,13-14H,10,12,15H2,1H3,(H,24,25)(H,26,27). The highest BCUT2D eigenvalue weighted by Gasteiger charge is 2.08. The Balaban J connectivity index is 1.56. The van der Waals surface area contributed by atoms with Gasteiger partial charge < -0.3 is 15.4 Å². The number of halogens is 1. The highest BCUT2D eigenvalue weighted by Crippen LogP contribution is 2.18. The third-order valence-electron chi connectivity index (χ3n) is 4.31. The van der Waals surface area contributed by atoms with E-state index >= 15 is 0 Å². The van der Waals surface area contributed by atoms with E-state index in [1.54, 1.807) is 31.5 Å². The van der Waals surface area contributed by atoms with Gasteiger partial charge in [-0.3, -0.25) is 4.79 Å². The minimum absolute atomic E-state index is 0.171. The Morgan fingerprint density at radius 1 is 1.07 bits per heavy atom. The van der Waals surface area contributed by atoms with Crippen LogP contribution in [0, 0.1) is 0 Å². The van der Waals surface area contributed by atoms with Crippen LogP contribution in [0.15, 0.2) is 66.9 Å². The van der Waals surface area contributed by atoms with Crippen molar-refractivity contribution in [3.05, 3.63) is 88.6 Å². The maximum absolute atomic E-state index is 12.4. The topological polar surface area (TPSA) is 63.2 Å². The minimum Gasteiger partial charge on any atom is -0.496 e. The van der Waals surface area contributed by atoms with Crippen LogP contribution in [0.1, 0.15) is 21.5 Å². The van der Waals surface area contributed by atoms with Gasteiger partial charge in [0.25, 0.3) is 5.91 Å². The lowest BCUT2D eigenvalue weighted by atomic mass is 10.1. The van der Waals surface area contributed by atoms with Crippen molar-refractivity contribution in [2.75, 3.05) is 19.0 Å². The Kier molecular flexibility index (Phi) is 6.87. The largest absolute Gasteiger partial charge is 0.496 e. The molecule has 28 heavy (non-hydrogen) atoms. The number of para-hydroxylation sites is 1. The SMILES string of the molecule is COc1ccccc1CCNc1cc(C(=O)NCc2ccccc2Cl)ccn1. The van der Waals surface area contributed by atoms with Crippen LogP contribution in [-0.4, -0.2) is 24.5 Å². The van der Waals surface area contributed by atoms with Crippen molar-refractivity contribution < 1.29 is 9.53 Å². The molecule has 0 atom stereocenters. The summed E-state index contributed by atoms with van der Waals surface area (Å²) in [6, 6.07) is 18.8. The molecule has 0 bridgehead atoms. The summed E-state index contributed by atoms with van der Waals surface area (Å²) in [4.78, 5) is 16.7. The molecule has 0 radical (unpaired) electrons. The molecular formula is C22H22ClN3O2. The van der Waals surface area contributed by atoms with Crippen LogP contribution >= 0.6 is 11.6 Å². The first-order chi connectivity index (χ1) is 13.7.